The molecule has 0 heterocycles. The summed E-state index contributed by atoms with van der Waals surface area (Å²) in [6.07, 6.45) is 5.61. The van der Waals surface area contributed by atoms with Crippen molar-refractivity contribution in [1.82, 2.24) is 0 Å². The molecule has 0 radical (unpaired) electrons. The van der Waals surface area contributed by atoms with E-state index in [0.29, 0.717) is 11.6 Å². The van der Waals surface area contributed by atoms with Gasteiger partial charge >= 0.3 is 5.97 Å². The minimum Gasteiger partial charge on any atom is -0.477 e. The first kappa shape index (κ1) is 9.77. The summed E-state index contributed by atoms with van der Waals surface area (Å²) in [4.78, 5) is 10.3. The SMILES string of the molecule is N=C(/C=C(\N)C1CCCC1)C(=O)O. The lowest BCUT2D eigenvalue weighted by atomic mass is 10.0. The maximum absolute atomic E-state index is 10.3. The average molecular weight is 182 g/mol. The Balaban J connectivity index is 2.59. The third-order valence-corrected chi connectivity index (χ3v) is 2.37. The highest BCUT2D eigenvalue weighted by atomic mass is 16.4. The molecular weight excluding hydrogens is 168 g/mol. The minimum absolute atomic E-state index is 0.291. The van der Waals surface area contributed by atoms with Gasteiger partial charge < -0.3 is 10.8 Å². The molecule has 0 aromatic carbocycles. The van der Waals surface area contributed by atoms with Gasteiger partial charge in [-0.05, 0) is 24.8 Å². The molecule has 0 aromatic rings. The van der Waals surface area contributed by atoms with Gasteiger partial charge in [0.25, 0.3) is 0 Å². The summed E-state index contributed by atoms with van der Waals surface area (Å²) >= 11 is 0. The van der Waals surface area contributed by atoms with Crippen LogP contribution in [-0.4, -0.2) is 16.8 Å². The summed E-state index contributed by atoms with van der Waals surface area (Å²) in [5.74, 6) is -0.930. The van der Waals surface area contributed by atoms with Gasteiger partial charge in [-0.25, -0.2) is 4.79 Å². The molecule has 0 unspecified atom stereocenters. The van der Waals surface area contributed by atoms with Crippen molar-refractivity contribution in [2.75, 3.05) is 0 Å². The summed E-state index contributed by atoms with van der Waals surface area (Å²) < 4.78 is 0. The van der Waals surface area contributed by atoms with Crippen molar-refractivity contribution in [1.29, 1.82) is 5.41 Å². The van der Waals surface area contributed by atoms with Crippen LogP contribution >= 0.6 is 0 Å². The molecule has 1 saturated carbocycles. The maximum Gasteiger partial charge on any atom is 0.353 e. The van der Waals surface area contributed by atoms with Crippen LogP contribution in [0, 0.1) is 11.3 Å². The molecule has 0 amide bonds. The molecular formula is C9H14N2O2. The van der Waals surface area contributed by atoms with E-state index in [1.54, 1.807) is 0 Å². The summed E-state index contributed by atoms with van der Waals surface area (Å²) in [5, 5.41) is 15.5. The second-order valence-corrected chi connectivity index (χ2v) is 3.34. The summed E-state index contributed by atoms with van der Waals surface area (Å²) in [6, 6.07) is 0. The van der Waals surface area contributed by atoms with E-state index in [9.17, 15) is 4.79 Å². The topological polar surface area (TPSA) is 87.2 Å². The van der Waals surface area contributed by atoms with Crippen molar-refractivity contribution < 1.29 is 9.90 Å². The first-order valence-corrected chi connectivity index (χ1v) is 4.40. The lowest BCUT2D eigenvalue weighted by Crippen LogP contribution is -2.15. The zero-order valence-electron chi connectivity index (χ0n) is 7.42. The summed E-state index contributed by atoms with van der Waals surface area (Å²) in [6.45, 7) is 0. The fraction of sp³-hybridized carbons (Fsp3) is 0.556. The third-order valence-electron chi connectivity index (χ3n) is 2.37. The molecule has 13 heavy (non-hydrogen) atoms. The second-order valence-electron chi connectivity index (χ2n) is 3.34. The molecule has 0 atom stereocenters. The largest absolute Gasteiger partial charge is 0.477 e. The predicted molar refractivity (Wildman–Crippen MR) is 49.6 cm³/mol. The molecule has 0 bridgehead atoms. The highest BCUT2D eigenvalue weighted by molar-refractivity contribution is 6.39. The van der Waals surface area contributed by atoms with E-state index in [4.69, 9.17) is 16.2 Å². The average Bonchev–Trinajstić information content (AvgIpc) is 2.55. The van der Waals surface area contributed by atoms with E-state index in [2.05, 4.69) is 0 Å². The van der Waals surface area contributed by atoms with Gasteiger partial charge in [0.15, 0.2) is 0 Å². The zero-order valence-corrected chi connectivity index (χ0v) is 7.42. The van der Waals surface area contributed by atoms with Gasteiger partial charge in [-0.1, -0.05) is 12.8 Å². The van der Waals surface area contributed by atoms with Crippen LogP contribution < -0.4 is 5.73 Å². The second kappa shape index (κ2) is 4.07. The number of hydrogen-bond donors (Lipinski definition) is 3. The normalized spacial score (nSPS) is 18.9. The van der Waals surface area contributed by atoms with Crippen molar-refractivity contribution in [3.63, 3.8) is 0 Å². The molecule has 72 valence electrons. The molecule has 1 aliphatic carbocycles. The fourth-order valence-electron chi connectivity index (χ4n) is 1.61. The number of carboxylic acids is 1. The Morgan fingerprint density at radius 3 is 2.46 bits per heavy atom. The van der Waals surface area contributed by atoms with E-state index in [1.807, 2.05) is 0 Å². The Kier molecular flexibility index (Phi) is 3.06. The number of carbonyl (C=O) groups is 1. The fourth-order valence-corrected chi connectivity index (χ4v) is 1.61. The predicted octanol–water partition coefficient (Wildman–Crippen LogP) is 1.12. The molecule has 4 nitrogen and oxygen atoms in total. The van der Waals surface area contributed by atoms with Gasteiger partial charge in [0.05, 0.1) is 0 Å². The smallest absolute Gasteiger partial charge is 0.353 e. The molecule has 1 rings (SSSR count). The van der Waals surface area contributed by atoms with Crippen molar-refractivity contribution in [3.05, 3.63) is 11.8 Å². The van der Waals surface area contributed by atoms with E-state index in [0.717, 1.165) is 25.7 Å². The number of allylic oxidation sites excluding steroid dienone is 1. The minimum atomic E-state index is -1.22. The van der Waals surface area contributed by atoms with Gasteiger partial charge in [-0.2, -0.15) is 0 Å². The van der Waals surface area contributed by atoms with E-state index >= 15 is 0 Å². The highest BCUT2D eigenvalue weighted by Gasteiger charge is 2.18. The van der Waals surface area contributed by atoms with Gasteiger partial charge in [-0.15, -0.1) is 0 Å². The molecule has 0 aliphatic heterocycles. The molecule has 0 aromatic heterocycles. The standard InChI is InChI=1S/C9H14N2O2/c10-7(5-8(11)9(12)13)6-3-1-2-4-6/h5-6,11H,1-4,10H2,(H,12,13)/b7-5-,11-8?. The molecule has 1 aliphatic rings. The molecule has 1 fully saturated rings. The first-order chi connectivity index (χ1) is 6.11. The van der Waals surface area contributed by atoms with Crippen molar-refractivity contribution in [2.45, 2.75) is 25.7 Å². The van der Waals surface area contributed by atoms with Crippen molar-refractivity contribution in [3.8, 4) is 0 Å². The highest BCUT2D eigenvalue weighted by Crippen LogP contribution is 2.28. The monoisotopic (exact) mass is 182 g/mol. The number of aliphatic carboxylic acids is 1. The Hall–Kier alpha value is -1.32. The van der Waals surface area contributed by atoms with E-state index < -0.39 is 11.7 Å². The van der Waals surface area contributed by atoms with Crippen LogP contribution in [0.25, 0.3) is 0 Å². The maximum atomic E-state index is 10.3. The molecule has 4 N–H and O–H groups in total. The number of carboxylic acid groups (broad SMARTS) is 1. The zero-order chi connectivity index (χ0) is 9.84. The summed E-state index contributed by atoms with van der Waals surface area (Å²) in [7, 11) is 0. The summed E-state index contributed by atoms with van der Waals surface area (Å²) in [5.41, 5.74) is 5.79. The van der Waals surface area contributed by atoms with E-state index in [-0.39, 0.29) is 0 Å². The number of hydrogen-bond acceptors (Lipinski definition) is 3. The van der Waals surface area contributed by atoms with Crippen LogP contribution in [0.5, 0.6) is 0 Å². The van der Waals surface area contributed by atoms with Crippen LogP contribution in [0.15, 0.2) is 11.8 Å². The number of nitrogens with one attached hydrogen (secondary N) is 1. The van der Waals surface area contributed by atoms with Gasteiger partial charge in [0, 0.05) is 5.70 Å². The van der Waals surface area contributed by atoms with Crippen LogP contribution in [0.4, 0.5) is 0 Å². The Morgan fingerprint density at radius 1 is 1.46 bits per heavy atom. The van der Waals surface area contributed by atoms with Gasteiger partial charge in [-0.3, -0.25) is 5.41 Å². The third kappa shape index (κ3) is 2.57. The molecule has 0 spiro atoms. The quantitative estimate of drug-likeness (QED) is 0.571. The number of nitrogens with two attached hydrogens (primary N) is 1. The lowest BCUT2D eigenvalue weighted by Gasteiger charge is -2.08. The Morgan fingerprint density at radius 2 is 2.00 bits per heavy atom. The molecule has 0 saturated heterocycles. The Labute approximate surface area is 76.9 Å². The van der Waals surface area contributed by atoms with Crippen LogP contribution in [0.3, 0.4) is 0 Å². The first-order valence-electron chi connectivity index (χ1n) is 4.40. The van der Waals surface area contributed by atoms with Gasteiger partial charge in [0.1, 0.15) is 5.71 Å². The molecule has 4 heteroatoms. The lowest BCUT2D eigenvalue weighted by molar-refractivity contribution is -0.129. The van der Waals surface area contributed by atoms with Crippen LogP contribution in [-0.2, 0) is 4.79 Å². The van der Waals surface area contributed by atoms with Gasteiger partial charge in [0.2, 0.25) is 0 Å². The van der Waals surface area contributed by atoms with Crippen molar-refractivity contribution in [2.24, 2.45) is 11.7 Å². The van der Waals surface area contributed by atoms with Crippen LogP contribution in [0.1, 0.15) is 25.7 Å². The number of rotatable bonds is 3. The Bertz CT molecular complexity index is 252. The van der Waals surface area contributed by atoms with E-state index in [1.165, 1.54) is 6.08 Å². The van der Waals surface area contributed by atoms with Crippen molar-refractivity contribution >= 4 is 11.7 Å². The van der Waals surface area contributed by atoms with Crippen LogP contribution in [0.2, 0.25) is 0 Å².